The molecule has 2 atom stereocenters. The van der Waals surface area contributed by atoms with E-state index in [1.54, 1.807) is 0 Å². The molecular formula is C17H22O. The van der Waals surface area contributed by atoms with Crippen LogP contribution in [0.4, 0.5) is 0 Å². The standard InChI is InChI=1S/C17H22O/c1-14(12-15-8-4-2-5-9-15)13-17(18)16-10-6-3-7-11-16/h3-4,6-8,10-11,14-15H,2,5,9,12-13H2,1H3. The highest BCUT2D eigenvalue weighted by atomic mass is 16.1. The van der Waals surface area contributed by atoms with Crippen molar-refractivity contribution in [2.24, 2.45) is 11.8 Å². The van der Waals surface area contributed by atoms with Crippen molar-refractivity contribution >= 4 is 5.78 Å². The molecule has 0 bridgehead atoms. The fraction of sp³-hybridized carbons (Fsp3) is 0.471. The lowest BCUT2D eigenvalue weighted by Gasteiger charge is -2.20. The van der Waals surface area contributed by atoms with Crippen LogP contribution < -0.4 is 0 Å². The Balaban J connectivity index is 1.83. The monoisotopic (exact) mass is 242 g/mol. The van der Waals surface area contributed by atoms with E-state index in [-0.39, 0.29) is 5.78 Å². The van der Waals surface area contributed by atoms with Crippen molar-refractivity contribution in [3.05, 3.63) is 48.0 Å². The zero-order valence-electron chi connectivity index (χ0n) is 11.1. The van der Waals surface area contributed by atoms with Crippen molar-refractivity contribution in [1.82, 2.24) is 0 Å². The first kappa shape index (κ1) is 13.1. The average Bonchev–Trinajstić information content (AvgIpc) is 2.40. The Kier molecular flexibility index (Phi) is 4.74. The van der Waals surface area contributed by atoms with Gasteiger partial charge in [0.25, 0.3) is 0 Å². The van der Waals surface area contributed by atoms with Crippen LogP contribution >= 0.6 is 0 Å². The van der Waals surface area contributed by atoms with E-state index >= 15 is 0 Å². The number of Topliss-reactive ketones (excluding diaryl/α,β-unsaturated/α-hetero) is 1. The Morgan fingerprint density at radius 2 is 2.11 bits per heavy atom. The third-order valence-corrected chi connectivity index (χ3v) is 3.69. The first-order valence-corrected chi connectivity index (χ1v) is 7.00. The summed E-state index contributed by atoms with van der Waals surface area (Å²) in [6, 6.07) is 9.64. The van der Waals surface area contributed by atoms with Gasteiger partial charge in [0.05, 0.1) is 0 Å². The van der Waals surface area contributed by atoms with Crippen LogP contribution in [-0.4, -0.2) is 5.78 Å². The second-order valence-electron chi connectivity index (χ2n) is 5.45. The van der Waals surface area contributed by atoms with Gasteiger partial charge >= 0.3 is 0 Å². The molecule has 1 aliphatic carbocycles. The SMILES string of the molecule is CC(CC(=O)c1ccccc1)CC1C=CCCC1. The Bertz CT molecular complexity index is 405. The van der Waals surface area contributed by atoms with Crippen LogP contribution in [0, 0.1) is 11.8 Å². The number of carbonyl (C=O) groups is 1. The Hall–Kier alpha value is -1.37. The van der Waals surface area contributed by atoms with E-state index < -0.39 is 0 Å². The van der Waals surface area contributed by atoms with E-state index in [0.29, 0.717) is 18.3 Å². The maximum atomic E-state index is 12.1. The summed E-state index contributed by atoms with van der Waals surface area (Å²) in [5.74, 6) is 1.45. The molecule has 0 saturated carbocycles. The van der Waals surface area contributed by atoms with Crippen LogP contribution in [0.15, 0.2) is 42.5 Å². The fourth-order valence-electron chi connectivity index (χ4n) is 2.74. The summed E-state index contributed by atoms with van der Waals surface area (Å²) >= 11 is 0. The number of rotatable bonds is 5. The van der Waals surface area contributed by atoms with Gasteiger partial charge in [-0.05, 0) is 37.5 Å². The molecule has 1 nitrogen and oxygen atoms in total. The highest BCUT2D eigenvalue weighted by Crippen LogP contribution is 2.26. The smallest absolute Gasteiger partial charge is 0.163 e. The molecule has 1 heteroatoms. The van der Waals surface area contributed by atoms with E-state index in [2.05, 4.69) is 19.1 Å². The minimum Gasteiger partial charge on any atom is -0.294 e. The fourth-order valence-corrected chi connectivity index (χ4v) is 2.74. The van der Waals surface area contributed by atoms with Crippen molar-refractivity contribution in [3.8, 4) is 0 Å². The summed E-state index contributed by atoms with van der Waals surface area (Å²) in [5.41, 5.74) is 0.850. The first-order chi connectivity index (χ1) is 8.75. The molecule has 2 unspecified atom stereocenters. The zero-order chi connectivity index (χ0) is 12.8. The van der Waals surface area contributed by atoms with E-state index in [1.807, 2.05) is 30.3 Å². The number of ketones is 1. The zero-order valence-corrected chi connectivity index (χ0v) is 11.1. The third-order valence-electron chi connectivity index (χ3n) is 3.69. The summed E-state index contributed by atoms with van der Waals surface area (Å²) in [7, 11) is 0. The second-order valence-corrected chi connectivity index (χ2v) is 5.45. The van der Waals surface area contributed by atoms with Gasteiger partial charge < -0.3 is 0 Å². The van der Waals surface area contributed by atoms with E-state index in [0.717, 1.165) is 12.0 Å². The lowest BCUT2D eigenvalue weighted by Crippen LogP contribution is -2.11. The molecule has 96 valence electrons. The molecule has 0 N–H and O–H groups in total. The molecule has 0 fully saturated rings. The minimum absolute atomic E-state index is 0.280. The summed E-state index contributed by atoms with van der Waals surface area (Å²) < 4.78 is 0. The lowest BCUT2D eigenvalue weighted by molar-refractivity contribution is 0.0960. The van der Waals surface area contributed by atoms with Gasteiger partial charge in [0.15, 0.2) is 5.78 Å². The molecule has 1 aromatic carbocycles. The lowest BCUT2D eigenvalue weighted by atomic mass is 9.85. The van der Waals surface area contributed by atoms with Crippen molar-refractivity contribution in [3.63, 3.8) is 0 Å². The molecule has 0 aliphatic heterocycles. The van der Waals surface area contributed by atoms with Gasteiger partial charge in [-0.2, -0.15) is 0 Å². The van der Waals surface area contributed by atoms with Crippen molar-refractivity contribution < 1.29 is 4.79 Å². The predicted octanol–water partition coefficient (Wildman–Crippen LogP) is 4.64. The van der Waals surface area contributed by atoms with E-state index in [9.17, 15) is 4.79 Å². The molecule has 18 heavy (non-hydrogen) atoms. The predicted molar refractivity (Wildman–Crippen MR) is 75.7 cm³/mol. The molecule has 0 heterocycles. The molecule has 0 aromatic heterocycles. The maximum absolute atomic E-state index is 12.1. The minimum atomic E-state index is 0.280. The molecule has 1 aliphatic rings. The van der Waals surface area contributed by atoms with Gasteiger partial charge in [-0.1, -0.05) is 49.4 Å². The van der Waals surface area contributed by atoms with Gasteiger partial charge in [-0.25, -0.2) is 0 Å². The average molecular weight is 242 g/mol. The highest BCUT2D eigenvalue weighted by molar-refractivity contribution is 5.96. The van der Waals surface area contributed by atoms with Crippen LogP contribution in [0.1, 0.15) is 49.4 Å². The molecule has 0 spiro atoms. The number of hydrogen-bond acceptors (Lipinski definition) is 1. The van der Waals surface area contributed by atoms with Crippen LogP contribution in [0.25, 0.3) is 0 Å². The largest absolute Gasteiger partial charge is 0.294 e. The number of carbonyl (C=O) groups excluding carboxylic acids is 1. The van der Waals surface area contributed by atoms with Crippen LogP contribution in [0.5, 0.6) is 0 Å². The Labute approximate surface area is 110 Å². The third kappa shape index (κ3) is 3.83. The molecule has 0 radical (unpaired) electrons. The summed E-state index contributed by atoms with van der Waals surface area (Å²) in [5, 5.41) is 0. The van der Waals surface area contributed by atoms with Crippen LogP contribution in [0.2, 0.25) is 0 Å². The number of hydrogen-bond donors (Lipinski definition) is 0. The molecule has 1 aromatic rings. The molecule has 0 saturated heterocycles. The van der Waals surface area contributed by atoms with Gasteiger partial charge in [0.1, 0.15) is 0 Å². The highest BCUT2D eigenvalue weighted by Gasteiger charge is 2.16. The number of benzene rings is 1. The molecular weight excluding hydrogens is 220 g/mol. The van der Waals surface area contributed by atoms with Gasteiger partial charge in [-0.3, -0.25) is 4.79 Å². The summed E-state index contributed by atoms with van der Waals surface area (Å²) in [6.45, 7) is 2.20. The van der Waals surface area contributed by atoms with E-state index in [4.69, 9.17) is 0 Å². The van der Waals surface area contributed by atoms with E-state index in [1.165, 1.54) is 19.3 Å². The Morgan fingerprint density at radius 1 is 1.33 bits per heavy atom. The quantitative estimate of drug-likeness (QED) is 0.543. The topological polar surface area (TPSA) is 17.1 Å². The second kappa shape index (κ2) is 6.53. The first-order valence-electron chi connectivity index (χ1n) is 7.00. The Morgan fingerprint density at radius 3 is 2.78 bits per heavy atom. The van der Waals surface area contributed by atoms with Crippen LogP contribution in [-0.2, 0) is 0 Å². The van der Waals surface area contributed by atoms with Gasteiger partial charge in [0.2, 0.25) is 0 Å². The van der Waals surface area contributed by atoms with Crippen LogP contribution in [0.3, 0.4) is 0 Å². The van der Waals surface area contributed by atoms with Gasteiger partial charge in [-0.15, -0.1) is 0 Å². The van der Waals surface area contributed by atoms with Crippen molar-refractivity contribution in [1.29, 1.82) is 0 Å². The molecule has 0 amide bonds. The summed E-state index contributed by atoms with van der Waals surface area (Å²) in [6.07, 6.45) is 10.3. The maximum Gasteiger partial charge on any atom is 0.163 e. The van der Waals surface area contributed by atoms with Gasteiger partial charge in [0, 0.05) is 12.0 Å². The van der Waals surface area contributed by atoms with Crippen molar-refractivity contribution in [2.45, 2.75) is 39.0 Å². The summed E-state index contributed by atoms with van der Waals surface area (Å²) in [4.78, 5) is 12.1. The normalized spacial score (nSPS) is 20.6. The molecule has 2 rings (SSSR count). The van der Waals surface area contributed by atoms with Crippen molar-refractivity contribution in [2.75, 3.05) is 0 Å². The number of allylic oxidation sites excluding steroid dienone is 2.